The van der Waals surface area contributed by atoms with Crippen LogP contribution < -0.4 is 9.80 Å². The maximum atomic E-state index is 12.9. The summed E-state index contributed by atoms with van der Waals surface area (Å²) in [5.74, 6) is 1.24. The average molecular weight is 326 g/mol. The number of para-hydroxylation sites is 2. The lowest BCUT2D eigenvalue weighted by atomic mass is 10.3. The fraction of sp³-hybridized carbons (Fsp3) is 0.353. The van der Waals surface area contributed by atoms with Gasteiger partial charge in [-0.05, 0) is 18.6 Å². The second-order valence-corrected chi connectivity index (χ2v) is 5.79. The third-order valence-corrected chi connectivity index (χ3v) is 4.13. The van der Waals surface area contributed by atoms with Crippen LogP contribution in [-0.2, 0) is 14.3 Å². The molecular formula is C17H18N4O3. The molecule has 0 N–H and O–H groups in total. The Balaban J connectivity index is 1.82. The summed E-state index contributed by atoms with van der Waals surface area (Å²) in [5, 5.41) is 0. The molecular weight excluding hydrogens is 308 g/mol. The Labute approximate surface area is 139 Å². The number of rotatable bonds is 1. The van der Waals surface area contributed by atoms with Crippen molar-refractivity contribution in [3.05, 3.63) is 36.3 Å². The molecule has 2 aliphatic heterocycles. The van der Waals surface area contributed by atoms with E-state index in [2.05, 4.69) is 0 Å². The van der Waals surface area contributed by atoms with E-state index in [1.165, 1.54) is 6.26 Å². The Morgan fingerprint density at radius 3 is 2.54 bits per heavy atom. The van der Waals surface area contributed by atoms with Gasteiger partial charge in [0.25, 0.3) is 5.91 Å². The van der Waals surface area contributed by atoms with Crippen molar-refractivity contribution < 1.29 is 14.3 Å². The highest BCUT2D eigenvalue weighted by molar-refractivity contribution is 6.05. The molecule has 1 aromatic carbocycles. The van der Waals surface area contributed by atoms with Gasteiger partial charge >= 0.3 is 0 Å². The standard InChI is InChI=1S/C17H18N4O3/c1-20-7-4-8-21(17(22)14-11-23-9-10-24-14)16-15(20)18-12-5-2-3-6-13(12)19-16/h2-3,5-6,11H,4,7-10H2,1H3. The van der Waals surface area contributed by atoms with E-state index in [4.69, 9.17) is 19.4 Å². The molecule has 1 aromatic heterocycles. The molecule has 24 heavy (non-hydrogen) atoms. The highest BCUT2D eigenvalue weighted by Gasteiger charge is 2.30. The predicted octanol–water partition coefficient (Wildman–Crippen LogP) is 1.69. The molecule has 2 aliphatic rings. The van der Waals surface area contributed by atoms with Crippen molar-refractivity contribution in [2.75, 3.05) is 43.2 Å². The minimum absolute atomic E-state index is 0.215. The van der Waals surface area contributed by atoms with Crippen molar-refractivity contribution in [2.24, 2.45) is 0 Å². The molecule has 124 valence electrons. The second-order valence-electron chi connectivity index (χ2n) is 5.79. The molecule has 0 atom stereocenters. The number of hydrogen-bond acceptors (Lipinski definition) is 6. The van der Waals surface area contributed by atoms with Gasteiger partial charge in [-0.3, -0.25) is 9.69 Å². The molecule has 1 amide bonds. The zero-order chi connectivity index (χ0) is 16.5. The third kappa shape index (κ3) is 2.51. The molecule has 0 bridgehead atoms. The molecule has 0 aliphatic carbocycles. The van der Waals surface area contributed by atoms with Crippen molar-refractivity contribution in [2.45, 2.75) is 6.42 Å². The van der Waals surface area contributed by atoms with Gasteiger partial charge in [-0.25, -0.2) is 9.97 Å². The van der Waals surface area contributed by atoms with Crippen LogP contribution in [0, 0.1) is 0 Å². The fourth-order valence-electron chi connectivity index (χ4n) is 2.91. The van der Waals surface area contributed by atoms with E-state index in [9.17, 15) is 4.79 Å². The summed E-state index contributed by atoms with van der Waals surface area (Å²) in [6, 6.07) is 7.67. The van der Waals surface area contributed by atoms with Gasteiger partial charge in [0.1, 0.15) is 19.5 Å². The number of nitrogens with zero attached hydrogens (tertiary/aromatic N) is 4. The number of amides is 1. The van der Waals surface area contributed by atoms with E-state index < -0.39 is 0 Å². The highest BCUT2D eigenvalue weighted by Crippen LogP contribution is 2.31. The molecule has 4 rings (SSSR count). The third-order valence-electron chi connectivity index (χ3n) is 4.13. The molecule has 0 spiro atoms. The van der Waals surface area contributed by atoms with Crippen LogP contribution in [0.25, 0.3) is 11.0 Å². The Morgan fingerprint density at radius 1 is 1.08 bits per heavy atom. The number of carbonyl (C=O) groups excluding carboxylic acids is 1. The molecule has 0 radical (unpaired) electrons. The first-order chi connectivity index (χ1) is 11.7. The Hall–Kier alpha value is -2.83. The van der Waals surface area contributed by atoms with Crippen molar-refractivity contribution in [1.82, 2.24) is 9.97 Å². The lowest BCUT2D eigenvalue weighted by molar-refractivity contribution is -0.119. The summed E-state index contributed by atoms with van der Waals surface area (Å²) in [6.45, 7) is 2.20. The summed E-state index contributed by atoms with van der Waals surface area (Å²) in [5.41, 5.74) is 1.58. The van der Waals surface area contributed by atoms with Gasteiger partial charge in [-0.15, -0.1) is 0 Å². The molecule has 0 saturated carbocycles. The number of fused-ring (bicyclic) bond motifs is 2. The van der Waals surface area contributed by atoms with Gasteiger partial charge in [0.2, 0.25) is 5.76 Å². The van der Waals surface area contributed by atoms with E-state index >= 15 is 0 Å². The molecule has 3 heterocycles. The van der Waals surface area contributed by atoms with Crippen LogP contribution in [0.5, 0.6) is 0 Å². The number of carbonyl (C=O) groups is 1. The monoisotopic (exact) mass is 326 g/mol. The molecule has 7 heteroatoms. The molecule has 0 fully saturated rings. The van der Waals surface area contributed by atoms with Crippen LogP contribution in [0.2, 0.25) is 0 Å². The smallest absolute Gasteiger partial charge is 0.297 e. The average Bonchev–Trinajstić information content (AvgIpc) is 2.79. The minimum Gasteiger partial charge on any atom is -0.494 e. The van der Waals surface area contributed by atoms with Crippen LogP contribution in [0.1, 0.15) is 6.42 Å². The fourth-order valence-corrected chi connectivity index (χ4v) is 2.91. The van der Waals surface area contributed by atoms with Gasteiger partial charge in [-0.2, -0.15) is 0 Å². The summed E-state index contributed by atoms with van der Waals surface area (Å²) in [4.78, 5) is 26.0. The second kappa shape index (κ2) is 5.99. The number of benzene rings is 1. The zero-order valence-electron chi connectivity index (χ0n) is 13.4. The Kier molecular flexibility index (Phi) is 3.68. The summed E-state index contributed by atoms with van der Waals surface area (Å²) in [7, 11) is 1.97. The molecule has 0 unspecified atom stereocenters. The molecule has 2 aromatic rings. The topological polar surface area (TPSA) is 67.8 Å². The van der Waals surface area contributed by atoms with Crippen LogP contribution in [0.3, 0.4) is 0 Å². The van der Waals surface area contributed by atoms with Gasteiger partial charge in [0.15, 0.2) is 11.6 Å². The molecule has 7 nitrogen and oxygen atoms in total. The van der Waals surface area contributed by atoms with Crippen LogP contribution in [0.15, 0.2) is 36.3 Å². The number of anilines is 2. The van der Waals surface area contributed by atoms with Gasteiger partial charge in [0, 0.05) is 20.1 Å². The number of ether oxygens (including phenoxy) is 2. The van der Waals surface area contributed by atoms with E-state index in [1.54, 1.807) is 4.90 Å². The first-order valence-electron chi connectivity index (χ1n) is 7.98. The van der Waals surface area contributed by atoms with Crippen LogP contribution in [-0.4, -0.2) is 49.2 Å². The lowest BCUT2D eigenvalue weighted by Crippen LogP contribution is -2.35. The summed E-state index contributed by atoms with van der Waals surface area (Å²) < 4.78 is 10.7. The van der Waals surface area contributed by atoms with Gasteiger partial charge < -0.3 is 14.4 Å². The number of aromatic nitrogens is 2. The first-order valence-corrected chi connectivity index (χ1v) is 7.98. The Morgan fingerprint density at radius 2 is 1.83 bits per heavy atom. The maximum absolute atomic E-state index is 12.9. The Bertz CT molecular complexity index is 821. The van der Waals surface area contributed by atoms with Gasteiger partial charge in [-0.1, -0.05) is 12.1 Å². The van der Waals surface area contributed by atoms with Gasteiger partial charge in [0.05, 0.1) is 11.0 Å². The molecule has 0 saturated heterocycles. The van der Waals surface area contributed by atoms with Crippen molar-refractivity contribution in [1.29, 1.82) is 0 Å². The zero-order valence-corrected chi connectivity index (χ0v) is 13.4. The summed E-state index contributed by atoms with van der Waals surface area (Å²) in [6.07, 6.45) is 2.21. The normalized spacial score (nSPS) is 17.5. The SMILES string of the molecule is CN1CCCN(C(=O)C2=COCCO2)c2nc3ccccc3nc21. The maximum Gasteiger partial charge on any atom is 0.297 e. The van der Waals surface area contributed by atoms with Crippen LogP contribution >= 0.6 is 0 Å². The first kappa shape index (κ1) is 14.7. The highest BCUT2D eigenvalue weighted by atomic mass is 16.6. The van der Waals surface area contributed by atoms with E-state index in [0.717, 1.165) is 24.0 Å². The van der Waals surface area contributed by atoms with Crippen molar-refractivity contribution in [3.63, 3.8) is 0 Å². The van der Waals surface area contributed by atoms with E-state index in [1.807, 2.05) is 36.2 Å². The predicted molar refractivity (Wildman–Crippen MR) is 89.8 cm³/mol. The summed E-state index contributed by atoms with van der Waals surface area (Å²) >= 11 is 0. The minimum atomic E-state index is -0.240. The van der Waals surface area contributed by atoms with Crippen molar-refractivity contribution in [3.8, 4) is 0 Å². The largest absolute Gasteiger partial charge is 0.494 e. The lowest BCUT2D eigenvalue weighted by Gasteiger charge is -2.24. The number of hydrogen-bond donors (Lipinski definition) is 0. The van der Waals surface area contributed by atoms with Crippen molar-refractivity contribution >= 4 is 28.6 Å². The van der Waals surface area contributed by atoms with E-state index in [-0.39, 0.29) is 11.7 Å². The van der Waals surface area contributed by atoms with E-state index in [0.29, 0.717) is 31.4 Å². The quantitative estimate of drug-likeness (QED) is 0.794. The van der Waals surface area contributed by atoms with Crippen LogP contribution in [0.4, 0.5) is 11.6 Å².